The van der Waals surface area contributed by atoms with Gasteiger partial charge < -0.3 is 15.8 Å². The van der Waals surface area contributed by atoms with Crippen molar-refractivity contribution in [2.24, 2.45) is 5.73 Å². The summed E-state index contributed by atoms with van der Waals surface area (Å²) < 4.78 is 4.97. The van der Waals surface area contributed by atoms with Crippen molar-refractivity contribution in [3.8, 4) is 5.88 Å². The Morgan fingerprint density at radius 3 is 2.67 bits per heavy atom. The van der Waals surface area contributed by atoms with Crippen molar-refractivity contribution in [1.82, 2.24) is 15.0 Å². The van der Waals surface area contributed by atoms with Crippen LogP contribution < -0.4 is 15.8 Å². The van der Waals surface area contributed by atoms with Gasteiger partial charge >= 0.3 is 0 Å². The molecule has 18 heavy (non-hydrogen) atoms. The molecule has 0 amide bonds. The van der Waals surface area contributed by atoms with E-state index in [1.165, 1.54) is 6.20 Å². The number of nitrogens with two attached hydrogens (primary N) is 1. The normalized spacial score (nSPS) is 9.83. The maximum Gasteiger partial charge on any atom is 0.213 e. The van der Waals surface area contributed by atoms with Gasteiger partial charge in [-0.2, -0.15) is 0 Å². The lowest BCUT2D eigenvalue weighted by Gasteiger charge is -2.08. The highest BCUT2D eigenvalue weighted by atomic mass is 32.1. The van der Waals surface area contributed by atoms with Crippen molar-refractivity contribution in [3.05, 3.63) is 36.4 Å². The second-order valence-corrected chi connectivity index (χ2v) is 3.77. The Bertz CT molecular complexity index is 558. The molecule has 7 heteroatoms. The van der Waals surface area contributed by atoms with E-state index in [1.54, 1.807) is 25.6 Å². The van der Waals surface area contributed by atoms with Gasteiger partial charge in [0, 0.05) is 18.5 Å². The van der Waals surface area contributed by atoms with Gasteiger partial charge in [-0.15, -0.1) is 0 Å². The molecule has 0 aromatic carbocycles. The number of anilines is 2. The fourth-order valence-corrected chi connectivity index (χ4v) is 1.47. The first kappa shape index (κ1) is 12.2. The summed E-state index contributed by atoms with van der Waals surface area (Å²) in [5.74, 6) is 1.03. The van der Waals surface area contributed by atoms with E-state index in [9.17, 15) is 0 Å². The summed E-state index contributed by atoms with van der Waals surface area (Å²) in [6, 6.07) is 3.54. The second-order valence-electron chi connectivity index (χ2n) is 3.33. The molecule has 92 valence electrons. The number of methoxy groups -OCH3 is 1. The van der Waals surface area contributed by atoms with Crippen LogP contribution in [0.1, 0.15) is 5.69 Å². The van der Waals surface area contributed by atoms with Crippen LogP contribution in [0.4, 0.5) is 11.5 Å². The Balaban J connectivity index is 2.25. The van der Waals surface area contributed by atoms with E-state index in [-0.39, 0.29) is 4.99 Å². The average Bonchev–Trinajstić information content (AvgIpc) is 2.40. The molecule has 0 spiro atoms. The van der Waals surface area contributed by atoms with Crippen LogP contribution in [-0.2, 0) is 0 Å². The zero-order chi connectivity index (χ0) is 13.0. The lowest BCUT2D eigenvalue weighted by molar-refractivity contribution is 0.398. The molecule has 0 unspecified atom stereocenters. The van der Waals surface area contributed by atoms with E-state index in [4.69, 9.17) is 22.7 Å². The van der Waals surface area contributed by atoms with E-state index in [1.807, 2.05) is 6.07 Å². The standard InChI is InChI=1S/C11H11N5OS/c1-17-8-3-2-7(6-15-8)16-11-9(10(12)18)13-4-5-14-11/h2-6H,1H3,(H2,12,18)(H,14,16). The number of aromatic nitrogens is 3. The number of hydrogen-bond donors (Lipinski definition) is 2. The minimum atomic E-state index is 0.187. The fraction of sp³-hybridized carbons (Fsp3) is 0.0909. The summed E-state index contributed by atoms with van der Waals surface area (Å²) in [6.07, 6.45) is 4.71. The third-order valence-corrected chi connectivity index (χ3v) is 2.33. The predicted molar refractivity (Wildman–Crippen MR) is 72.0 cm³/mol. The summed E-state index contributed by atoms with van der Waals surface area (Å²) >= 11 is 4.90. The molecule has 2 rings (SSSR count). The van der Waals surface area contributed by atoms with Crippen molar-refractivity contribution >= 4 is 28.7 Å². The van der Waals surface area contributed by atoms with Gasteiger partial charge in [0.2, 0.25) is 5.88 Å². The molecule has 0 aliphatic rings. The van der Waals surface area contributed by atoms with E-state index in [0.717, 1.165) is 5.69 Å². The summed E-state index contributed by atoms with van der Waals surface area (Å²) in [6.45, 7) is 0. The van der Waals surface area contributed by atoms with Gasteiger partial charge in [0.15, 0.2) is 5.82 Å². The van der Waals surface area contributed by atoms with E-state index < -0.39 is 0 Å². The lowest BCUT2D eigenvalue weighted by Crippen LogP contribution is -2.14. The van der Waals surface area contributed by atoms with Crippen LogP contribution in [0.25, 0.3) is 0 Å². The average molecular weight is 261 g/mol. The van der Waals surface area contributed by atoms with Crippen molar-refractivity contribution in [1.29, 1.82) is 0 Å². The molecule has 0 radical (unpaired) electrons. The quantitative estimate of drug-likeness (QED) is 0.801. The third kappa shape index (κ3) is 2.69. The molecule has 2 aromatic rings. The monoisotopic (exact) mass is 261 g/mol. The smallest absolute Gasteiger partial charge is 0.213 e. The van der Waals surface area contributed by atoms with E-state index in [0.29, 0.717) is 17.4 Å². The summed E-state index contributed by atoms with van der Waals surface area (Å²) in [7, 11) is 1.56. The molecule has 0 fully saturated rings. The van der Waals surface area contributed by atoms with Crippen LogP contribution >= 0.6 is 12.2 Å². The van der Waals surface area contributed by atoms with E-state index >= 15 is 0 Å². The summed E-state index contributed by atoms with van der Waals surface area (Å²) in [5.41, 5.74) is 6.76. The molecular formula is C11H11N5OS. The van der Waals surface area contributed by atoms with Crippen LogP contribution in [0.2, 0.25) is 0 Å². The van der Waals surface area contributed by atoms with Crippen LogP contribution in [0, 0.1) is 0 Å². The van der Waals surface area contributed by atoms with Crippen molar-refractivity contribution in [2.45, 2.75) is 0 Å². The first-order valence-corrected chi connectivity index (χ1v) is 5.49. The molecule has 0 saturated carbocycles. The first-order chi connectivity index (χ1) is 8.70. The van der Waals surface area contributed by atoms with Gasteiger partial charge in [0.25, 0.3) is 0 Å². The Morgan fingerprint density at radius 2 is 2.06 bits per heavy atom. The maximum atomic E-state index is 5.57. The number of pyridine rings is 1. The molecule has 6 nitrogen and oxygen atoms in total. The number of rotatable bonds is 4. The van der Waals surface area contributed by atoms with E-state index in [2.05, 4.69) is 20.3 Å². The largest absolute Gasteiger partial charge is 0.481 e. The van der Waals surface area contributed by atoms with Crippen molar-refractivity contribution in [3.63, 3.8) is 0 Å². The molecule has 0 saturated heterocycles. The predicted octanol–water partition coefficient (Wildman–Crippen LogP) is 1.26. The molecular weight excluding hydrogens is 250 g/mol. The molecule has 0 atom stereocenters. The maximum absolute atomic E-state index is 5.57. The third-order valence-electron chi connectivity index (χ3n) is 2.14. The van der Waals surface area contributed by atoms with Crippen molar-refractivity contribution < 1.29 is 4.74 Å². The summed E-state index contributed by atoms with van der Waals surface area (Å²) in [4.78, 5) is 12.5. The number of thiocarbonyl (C=S) groups is 1. The SMILES string of the molecule is COc1ccc(Nc2nccnc2C(N)=S)cn1. The van der Waals surface area contributed by atoms with Gasteiger partial charge in [-0.05, 0) is 6.07 Å². The molecule has 0 bridgehead atoms. The Morgan fingerprint density at radius 1 is 1.28 bits per heavy atom. The molecule has 0 aliphatic carbocycles. The topological polar surface area (TPSA) is 86.0 Å². The fourth-order valence-electron chi connectivity index (χ4n) is 1.32. The van der Waals surface area contributed by atoms with Crippen LogP contribution in [-0.4, -0.2) is 27.1 Å². The minimum absolute atomic E-state index is 0.187. The van der Waals surface area contributed by atoms with Crippen LogP contribution in [0.15, 0.2) is 30.7 Å². The highest BCUT2D eigenvalue weighted by Crippen LogP contribution is 2.17. The van der Waals surface area contributed by atoms with Crippen molar-refractivity contribution in [2.75, 3.05) is 12.4 Å². The first-order valence-electron chi connectivity index (χ1n) is 5.08. The van der Waals surface area contributed by atoms with Gasteiger partial charge in [0.05, 0.1) is 19.0 Å². The van der Waals surface area contributed by atoms with Gasteiger partial charge in [-0.3, -0.25) is 0 Å². The lowest BCUT2D eigenvalue weighted by atomic mass is 10.3. The Kier molecular flexibility index (Phi) is 3.63. The zero-order valence-corrected chi connectivity index (χ0v) is 10.4. The Labute approximate surface area is 109 Å². The molecule has 2 aromatic heterocycles. The second kappa shape index (κ2) is 5.37. The number of ether oxygens (including phenoxy) is 1. The van der Waals surface area contributed by atoms with Crippen LogP contribution in [0.5, 0.6) is 5.88 Å². The Hall–Kier alpha value is -2.28. The van der Waals surface area contributed by atoms with Gasteiger partial charge in [-0.1, -0.05) is 12.2 Å². The molecule has 0 aliphatic heterocycles. The number of hydrogen-bond acceptors (Lipinski definition) is 6. The highest BCUT2D eigenvalue weighted by Gasteiger charge is 2.08. The number of nitrogens with one attached hydrogen (secondary N) is 1. The zero-order valence-electron chi connectivity index (χ0n) is 9.62. The van der Waals surface area contributed by atoms with Gasteiger partial charge in [-0.25, -0.2) is 15.0 Å². The van der Waals surface area contributed by atoms with Gasteiger partial charge in [0.1, 0.15) is 10.7 Å². The molecule has 2 heterocycles. The molecule has 3 N–H and O–H groups in total. The van der Waals surface area contributed by atoms with Crippen LogP contribution in [0.3, 0.4) is 0 Å². The summed E-state index contributed by atoms with van der Waals surface area (Å²) in [5, 5.41) is 3.05. The highest BCUT2D eigenvalue weighted by molar-refractivity contribution is 7.80. The minimum Gasteiger partial charge on any atom is -0.481 e. The number of nitrogens with zero attached hydrogens (tertiary/aromatic N) is 3.